The summed E-state index contributed by atoms with van der Waals surface area (Å²) >= 11 is 12.8. The number of rotatable bonds is 17. The number of carbonyl (C=O) groups excluding carboxylic acids is 7. The molecule has 0 bridgehead atoms. The molecule has 0 spiro atoms. The van der Waals surface area contributed by atoms with E-state index in [2.05, 4.69) is 36.8 Å². The highest BCUT2D eigenvalue weighted by Crippen LogP contribution is 2.49. The number of carbonyl (C=O) groups is 7. The van der Waals surface area contributed by atoms with Gasteiger partial charge in [0.15, 0.2) is 0 Å². The maximum absolute atomic E-state index is 14.6. The minimum atomic E-state index is -4.83. The van der Waals surface area contributed by atoms with Gasteiger partial charge in [0.2, 0.25) is 41.4 Å². The molecule has 21 heteroatoms. The lowest BCUT2D eigenvalue weighted by Gasteiger charge is -2.38. The van der Waals surface area contributed by atoms with Crippen molar-refractivity contribution in [1.29, 1.82) is 0 Å². The Morgan fingerprint density at radius 3 is 2.19 bits per heavy atom. The second-order valence-corrected chi connectivity index (χ2v) is 19.8. The predicted octanol–water partition coefficient (Wildman–Crippen LogP) is 4.97. The van der Waals surface area contributed by atoms with Crippen LogP contribution in [0.5, 0.6) is 0 Å². The number of hydrogen-bond acceptors (Lipinski definition) is 9. The van der Waals surface area contributed by atoms with Crippen molar-refractivity contribution >= 4 is 64.6 Å². The predicted molar refractivity (Wildman–Crippen MR) is 256 cm³/mol. The molecule has 4 rings (SSSR count). The molecule has 2 saturated heterocycles. The number of amides is 7. The van der Waals surface area contributed by atoms with Crippen LogP contribution in [0, 0.1) is 11.3 Å². The molecule has 1 aliphatic carbocycles. The van der Waals surface area contributed by atoms with Gasteiger partial charge < -0.3 is 41.5 Å². The number of likely N-dealkylation sites (N-methyl/N-ethyl adjacent to an activating group) is 1. The van der Waals surface area contributed by atoms with Crippen molar-refractivity contribution in [3.63, 3.8) is 0 Å². The van der Waals surface area contributed by atoms with Crippen molar-refractivity contribution in [2.75, 3.05) is 46.4 Å². The van der Waals surface area contributed by atoms with Crippen LogP contribution >= 0.6 is 23.2 Å². The summed E-state index contributed by atoms with van der Waals surface area (Å²) in [5, 5.41) is 16.9. The molecular formula is C48H73Cl2F3N8O8. The number of nitrogens with one attached hydrogen (secondary N) is 6. The minimum Gasteiger partial charge on any atom is -0.379 e. The van der Waals surface area contributed by atoms with Crippen molar-refractivity contribution < 1.29 is 51.5 Å². The molecule has 2 heterocycles. The Hall–Kier alpha value is -4.20. The molecule has 7 amide bonds. The molecule has 3 aliphatic rings. The molecule has 1 saturated carbocycles. The topological polar surface area (TPSA) is 207 Å². The van der Waals surface area contributed by atoms with Crippen LogP contribution in [-0.4, -0.2) is 140 Å². The molecule has 6 N–H and O–H groups in total. The third-order valence-electron chi connectivity index (χ3n) is 13.4. The third-order valence-corrected chi connectivity index (χ3v) is 14.0. The van der Waals surface area contributed by atoms with E-state index in [1.165, 1.54) is 11.9 Å². The molecule has 16 nitrogen and oxygen atoms in total. The molecule has 2 aliphatic heterocycles. The van der Waals surface area contributed by atoms with Crippen molar-refractivity contribution in [2.45, 2.75) is 166 Å². The molecule has 0 aromatic heterocycles. The molecule has 388 valence electrons. The molecular weight excluding hydrogens is 944 g/mol. The van der Waals surface area contributed by atoms with E-state index in [4.69, 9.17) is 27.9 Å². The second kappa shape index (κ2) is 27.4. The Labute approximate surface area is 414 Å². The molecule has 0 unspecified atom stereocenters. The summed E-state index contributed by atoms with van der Waals surface area (Å²) in [6.07, 6.45) is -2.49. The lowest BCUT2D eigenvalue weighted by atomic mass is 9.72. The molecule has 0 radical (unpaired) electrons. The maximum Gasteiger partial charge on any atom is 0.403 e. The molecule has 1 aromatic rings. The first-order valence-corrected chi connectivity index (χ1v) is 25.3. The van der Waals surface area contributed by atoms with Crippen LogP contribution in [0.25, 0.3) is 0 Å². The van der Waals surface area contributed by atoms with E-state index < -0.39 is 102 Å². The second-order valence-electron chi connectivity index (χ2n) is 19.0. The number of morpholine rings is 1. The quantitative estimate of drug-likeness (QED) is 0.116. The van der Waals surface area contributed by atoms with Crippen LogP contribution in [0.1, 0.15) is 123 Å². The molecule has 1 aromatic carbocycles. The number of halogens is 5. The van der Waals surface area contributed by atoms with Crippen LogP contribution in [0.3, 0.4) is 0 Å². The van der Waals surface area contributed by atoms with Crippen molar-refractivity contribution in [2.24, 2.45) is 11.3 Å². The highest BCUT2D eigenvalue weighted by molar-refractivity contribution is 6.33. The Balaban J connectivity index is 1.63. The van der Waals surface area contributed by atoms with Gasteiger partial charge in [0.25, 0.3) is 0 Å². The Bertz CT molecular complexity index is 1920. The summed E-state index contributed by atoms with van der Waals surface area (Å²) in [6, 6.07) is -2.52. The third kappa shape index (κ3) is 16.7. The van der Waals surface area contributed by atoms with E-state index in [0.717, 1.165) is 13.1 Å². The van der Waals surface area contributed by atoms with Gasteiger partial charge in [-0.15, -0.1) is 0 Å². The van der Waals surface area contributed by atoms with Gasteiger partial charge in [0, 0.05) is 43.1 Å². The first kappa shape index (κ1) is 57.4. The Morgan fingerprint density at radius 1 is 0.870 bits per heavy atom. The van der Waals surface area contributed by atoms with Gasteiger partial charge >= 0.3 is 6.18 Å². The smallest absolute Gasteiger partial charge is 0.379 e. The fourth-order valence-electron chi connectivity index (χ4n) is 9.14. The van der Waals surface area contributed by atoms with E-state index in [-0.39, 0.29) is 63.8 Å². The number of benzene rings is 1. The van der Waals surface area contributed by atoms with Crippen LogP contribution < -0.4 is 31.9 Å². The summed E-state index contributed by atoms with van der Waals surface area (Å²) in [5.74, 6) is -5.42. The van der Waals surface area contributed by atoms with Gasteiger partial charge in [-0.25, -0.2) is 0 Å². The highest BCUT2D eigenvalue weighted by Gasteiger charge is 2.60. The lowest BCUT2D eigenvalue weighted by Crippen LogP contribution is -2.61. The zero-order valence-corrected chi connectivity index (χ0v) is 42.2. The van der Waals surface area contributed by atoms with Gasteiger partial charge in [-0.2, -0.15) is 13.2 Å². The molecule has 6 atom stereocenters. The number of hydrogen-bond donors (Lipinski definition) is 6. The van der Waals surface area contributed by atoms with Crippen LogP contribution in [-0.2, 0) is 44.7 Å². The zero-order chi connectivity index (χ0) is 50.9. The highest BCUT2D eigenvalue weighted by atomic mass is 35.5. The summed E-state index contributed by atoms with van der Waals surface area (Å²) < 4.78 is 48.9. The zero-order valence-electron chi connectivity index (χ0n) is 40.7. The van der Waals surface area contributed by atoms with E-state index in [1.807, 2.05) is 13.8 Å². The average Bonchev–Trinajstić information content (AvgIpc) is 3.31. The van der Waals surface area contributed by atoms with Crippen LogP contribution in [0.2, 0.25) is 10.0 Å². The summed E-state index contributed by atoms with van der Waals surface area (Å²) in [5.41, 5.74) is -2.17. The van der Waals surface area contributed by atoms with Gasteiger partial charge in [0.05, 0.1) is 13.2 Å². The molecule has 69 heavy (non-hydrogen) atoms. The number of unbranched alkanes of at least 4 members (excludes halogenated alkanes) is 1. The average molecular weight is 1020 g/mol. The lowest BCUT2D eigenvalue weighted by molar-refractivity contribution is -0.230. The van der Waals surface area contributed by atoms with Crippen LogP contribution in [0.4, 0.5) is 13.2 Å². The van der Waals surface area contributed by atoms with Gasteiger partial charge in [-0.3, -0.25) is 38.5 Å². The summed E-state index contributed by atoms with van der Waals surface area (Å²) in [6.45, 7) is 10.5. The normalized spacial score (nSPS) is 23.6. The van der Waals surface area contributed by atoms with Crippen LogP contribution in [0.15, 0.2) is 18.2 Å². The summed E-state index contributed by atoms with van der Waals surface area (Å²) in [4.78, 5) is 102. The number of ether oxygens (including phenoxy) is 1. The van der Waals surface area contributed by atoms with Gasteiger partial charge in [0.1, 0.15) is 41.7 Å². The fourth-order valence-corrected chi connectivity index (χ4v) is 9.53. The minimum absolute atomic E-state index is 0.0561. The monoisotopic (exact) mass is 1020 g/mol. The SMILES string of the molecule is CC[C@H](NC(=O)C1(C(F)(F)F)CCCCC1)C(=O)N[C@@H](CCCCN1CCOCC1)C(=O)N[C@H]1CCCCNC(=O)[C@@H](CC)NC(=O)[C@H](Cc2cc(Cl)ccc2Cl)N(C)C(=O)[C@H](CC(C)C)NC1=O. The van der Waals surface area contributed by atoms with Gasteiger partial charge in [-0.05, 0) is 107 Å². The van der Waals surface area contributed by atoms with E-state index in [1.54, 1.807) is 32.0 Å². The number of nitrogens with zero attached hydrogens (tertiary/aromatic N) is 2. The Morgan fingerprint density at radius 2 is 1.55 bits per heavy atom. The maximum atomic E-state index is 14.6. The van der Waals surface area contributed by atoms with Gasteiger partial charge in [-0.1, -0.05) is 70.2 Å². The van der Waals surface area contributed by atoms with Crippen molar-refractivity contribution in [1.82, 2.24) is 41.7 Å². The fraction of sp³-hybridized carbons (Fsp3) is 0.729. The first-order chi connectivity index (χ1) is 32.7. The van der Waals surface area contributed by atoms with Crippen molar-refractivity contribution in [3.05, 3.63) is 33.8 Å². The standard InChI is InChI=1S/C48H73Cl2F3N8O8/c1-6-34-40(62)54-21-13-9-15-36(43(65)58-38(27-30(3)4)45(67)60(5)39(44(66)55-34)29-31-28-32(49)17-18-33(31)50)57-42(64)37(16-10-14-22-61-23-25-69-26-24-61)56-41(63)35(7-2)59-46(68)47(48(51,52)53)19-11-8-12-20-47/h17-18,28,30,34-39H,6-16,19-27,29H2,1-5H3,(H,54,62)(H,55,66)(H,56,63)(H,57,64)(H,58,65)(H,59,68)/t34-,35+,36+,37+,38+,39+/m1/s1. The summed E-state index contributed by atoms with van der Waals surface area (Å²) in [7, 11) is 1.42. The number of alkyl halides is 3. The van der Waals surface area contributed by atoms with E-state index >= 15 is 0 Å². The largest absolute Gasteiger partial charge is 0.403 e. The van der Waals surface area contributed by atoms with E-state index in [9.17, 15) is 46.7 Å². The molecule has 3 fully saturated rings. The van der Waals surface area contributed by atoms with E-state index in [0.29, 0.717) is 67.5 Å². The Kier molecular flexibility index (Phi) is 22.8. The van der Waals surface area contributed by atoms with Crippen molar-refractivity contribution in [3.8, 4) is 0 Å². The first-order valence-electron chi connectivity index (χ1n) is 24.6.